The van der Waals surface area contributed by atoms with Gasteiger partial charge < -0.3 is 9.84 Å². The molecule has 0 spiro atoms. The van der Waals surface area contributed by atoms with E-state index < -0.39 is 12.0 Å². The number of aromatic nitrogens is 1. The highest BCUT2D eigenvalue weighted by molar-refractivity contribution is 9.10. The lowest BCUT2D eigenvalue weighted by molar-refractivity contribution is -0.142. The molecule has 5 nitrogen and oxygen atoms in total. The molecule has 2 heterocycles. The second-order valence-corrected chi connectivity index (χ2v) is 6.69. The summed E-state index contributed by atoms with van der Waals surface area (Å²) >= 11 is 3.51. The van der Waals surface area contributed by atoms with Crippen LogP contribution in [0.25, 0.3) is 0 Å². The Morgan fingerprint density at radius 1 is 1.42 bits per heavy atom. The second kappa shape index (κ2) is 7.32. The van der Waals surface area contributed by atoms with Crippen LogP contribution in [0, 0.1) is 0 Å². The van der Waals surface area contributed by atoms with Crippen molar-refractivity contribution in [2.75, 3.05) is 13.7 Å². The zero-order chi connectivity index (χ0) is 17.1. The van der Waals surface area contributed by atoms with E-state index in [1.54, 1.807) is 13.3 Å². The van der Waals surface area contributed by atoms with Crippen molar-refractivity contribution in [3.63, 3.8) is 0 Å². The zero-order valence-electron chi connectivity index (χ0n) is 13.4. The van der Waals surface area contributed by atoms with Crippen LogP contribution in [0.3, 0.4) is 0 Å². The molecule has 0 radical (unpaired) electrons. The van der Waals surface area contributed by atoms with Gasteiger partial charge in [0.25, 0.3) is 0 Å². The fourth-order valence-electron chi connectivity index (χ4n) is 3.33. The number of hydrogen-bond acceptors (Lipinski definition) is 4. The summed E-state index contributed by atoms with van der Waals surface area (Å²) in [6, 6.07) is 10.7. The maximum absolute atomic E-state index is 11.7. The van der Waals surface area contributed by atoms with Gasteiger partial charge in [-0.15, -0.1) is 0 Å². The highest BCUT2D eigenvalue weighted by atomic mass is 79.9. The van der Waals surface area contributed by atoms with Crippen molar-refractivity contribution in [1.29, 1.82) is 0 Å². The topological polar surface area (TPSA) is 62.7 Å². The summed E-state index contributed by atoms with van der Waals surface area (Å²) in [7, 11) is 1.63. The van der Waals surface area contributed by atoms with E-state index in [4.69, 9.17) is 4.74 Å². The molecule has 1 aliphatic heterocycles. The molecule has 0 saturated carbocycles. The molecular weight excluding hydrogens is 372 g/mol. The van der Waals surface area contributed by atoms with E-state index in [1.807, 2.05) is 41.3 Å². The van der Waals surface area contributed by atoms with Gasteiger partial charge in [0.05, 0.1) is 18.8 Å². The Labute approximate surface area is 149 Å². The number of carboxylic acid groups (broad SMARTS) is 1. The summed E-state index contributed by atoms with van der Waals surface area (Å²) in [6.07, 6.45) is 3.24. The van der Waals surface area contributed by atoms with Crippen molar-refractivity contribution in [1.82, 2.24) is 9.88 Å². The SMILES string of the molecule is COc1ccc(Br)cc1C(c1ccccn1)N1CCCC1C(=O)O. The van der Waals surface area contributed by atoms with Crippen LogP contribution in [0.4, 0.5) is 0 Å². The van der Waals surface area contributed by atoms with Gasteiger partial charge in [-0.2, -0.15) is 0 Å². The summed E-state index contributed by atoms with van der Waals surface area (Å²) in [6.45, 7) is 0.716. The lowest BCUT2D eigenvalue weighted by Gasteiger charge is -2.32. The molecule has 3 rings (SSSR count). The number of benzene rings is 1. The Hall–Kier alpha value is -1.92. The first kappa shape index (κ1) is 16.9. The van der Waals surface area contributed by atoms with Crippen molar-refractivity contribution < 1.29 is 14.6 Å². The number of likely N-dealkylation sites (tertiary alicyclic amines) is 1. The van der Waals surface area contributed by atoms with Crippen molar-refractivity contribution >= 4 is 21.9 Å². The first-order valence-electron chi connectivity index (χ1n) is 7.84. The van der Waals surface area contributed by atoms with Gasteiger partial charge in [-0.1, -0.05) is 22.0 Å². The summed E-state index contributed by atoms with van der Waals surface area (Å²) in [5.41, 5.74) is 1.74. The van der Waals surface area contributed by atoms with Crippen LogP contribution in [0.15, 0.2) is 47.1 Å². The van der Waals surface area contributed by atoms with E-state index in [0.29, 0.717) is 13.0 Å². The number of carbonyl (C=O) groups is 1. The van der Waals surface area contributed by atoms with E-state index in [1.165, 1.54) is 0 Å². The number of aliphatic carboxylic acids is 1. The van der Waals surface area contributed by atoms with E-state index >= 15 is 0 Å². The molecule has 6 heteroatoms. The summed E-state index contributed by atoms with van der Waals surface area (Å²) in [5.74, 6) is -0.0627. The minimum atomic E-state index is -0.789. The van der Waals surface area contributed by atoms with Crippen LogP contribution in [-0.4, -0.2) is 40.7 Å². The summed E-state index contributed by atoms with van der Waals surface area (Å²) in [5, 5.41) is 9.60. The molecular formula is C18H19BrN2O3. The molecule has 0 aliphatic carbocycles. The Morgan fingerprint density at radius 2 is 2.25 bits per heavy atom. The quantitative estimate of drug-likeness (QED) is 0.846. The third-order valence-corrected chi connectivity index (χ3v) is 4.86. The molecule has 1 aromatic heterocycles. The largest absolute Gasteiger partial charge is 0.496 e. The fraction of sp³-hybridized carbons (Fsp3) is 0.333. The molecule has 0 amide bonds. The van der Waals surface area contributed by atoms with Gasteiger partial charge in [0.1, 0.15) is 11.8 Å². The van der Waals surface area contributed by atoms with Crippen LogP contribution >= 0.6 is 15.9 Å². The highest BCUT2D eigenvalue weighted by Gasteiger charge is 2.38. The lowest BCUT2D eigenvalue weighted by atomic mass is 9.99. The first-order chi connectivity index (χ1) is 11.6. The zero-order valence-corrected chi connectivity index (χ0v) is 14.9. The number of pyridine rings is 1. The smallest absolute Gasteiger partial charge is 0.320 e. The Balaban J connectivity index is 2.13. The van der Waals surface area contributed by atoms with Gasteiger partial charge in [0, 0.05) is 22.8 Å². The number of carboxylic acids is 1. The van der Waals surface area contributed by atoms with Gasteiger partial charge in [-0.05, 0) is 43.2 Å². The first-order valence-corrected chi connectivity index (χ1v) is 8.64. The lowest BCUT2D eigenvalue weighted by Crippen LogP contribution is -2.39. The third kappa shape index (κ3) is 3.30. The van der Waals surface area contributed by atoms with Gasteiger partial charge in [0.15, 0.2) is 0 Å². The minimum Gasteiger partial charge on any atom is -0.496 e. The second-order valence-electron chi connectivity index (χ2n) is 5.78. The van der Waals surface area contributed by atoms with Crippen LogP contribution < -0.4 is 4.74 Å². The maximum Gasteiger partial charge on any atom is 0.320 e. The van der Waals surface area contributed by atoms with E-state index in [0.717, 1.165) is 27.9 Å². The normalized spacial score (nSPS) is 19.2. The molecule has 1 N–H and O–H groups in total. The average Bonchev–Trinajstić information content (AvgIpc) is 3.06. The van der Waals surface area contributed by atoms with Crippen LogP contribution in [0.1, 0.15) is 30.1 Å². The van der Waals surface area contributed by atoms with Crippen LogP contribution in [0.2, 0.25) is 0 Å². The summed E-state index contributed by atoms with van der Waals surface area (Å²) in [4.78, 5) is 18.2. The number of methoxy groups -OCH3 is 1. The molecule has 2 aromatic rings. The number of ether oxygens (including phenoxy) is 1. The summed E-state index contributed by atoms with van der Waals surface area (Å²) < 4.78 is 6.46. The molecule has 1 saturated heterocycles. The van der Waals surface area contributed by atoms with Gasteiger partial charge in [-0.25, -0.2) is 0 Å². The standard InChI is InChI=1S/C18H19BrN2O3/c1-24-16-8-7-12(19)11-13(16)17(14-5-2-3-9-20-14)21-10-4-6-15(21)18(22)23/h2-3,5,7-9,11,15,17H,4,6,10H2,1H3,(H,22,23). The number of nitrogens with zero attached hydrogens (tertiary/aromatic N) is 2. The van der Waals surface area contributed by atoms with Gasteiger partial charge in [0.2, 0.25) is 0 Å². The highest BCUT2D eigenvalue weighted by Crippen LogP contribution is 2.39. The molecule has 1 aromatic carbocycles. The van der Waals surface area contributed by atoms with E-state index in [2.05, 4.69) is 20.9 Å². The molecule has 126 valence electrons. The van der Waals surface area contributed by atoms with Crippen molar-refractivity contribution in [3.05, 3.63) is 58.3 Å². The van der Waals surface area contributed by atoms with E-state index in [9.17, 15) is 9.90 Å². The van der Waals surface area contributed by atoms with Crippen molar-refractivity contribution in [2.24, 2.45) is 0 Å². The Bertz CT molecular complexity index is 723. The predicted molar refractivity (Wildman–Crippen MR) is 94.1 cm³/mol. The Morgan fingerprint density at radius 3 is 2.92 bits per heavy atom. The number of rotatable bonds is 5. The third-order valence-electron chi connectivity index (χ3n) is 4.37. The van der Waals surface area contributed by atoms with E-state index in [-0.39, 0.29) is 6.04 Å². The molecule has 2 unspecified atom stereocenters. The minimum absolute atomic E-state index is 0.262. The average molecular weight is 391 g/mol. The van der Waals surface area contributed by atoms with Crippen LogP contribution in [-0.2, 0) is 4.79 Å². The molecule has 0 bridgehead atoms. The predicted octanol–water partition coefficient (Wildman–Crippen LogP) is 3.49. The van der Waals surface area contributed by atoms with Crippen molar-refractivity contribution in [2.45, 2.75) is 24.9 Å². The van der Waals surface area contributed by atoms with Gasteiger partial charge >= 0.3 is 5.97 Å². The van der Waals surface area contributed by atoms with Gasteiger partial charge in [-0.3, -0.25) is 14.7 Å². The number of hydrogen-bond donors (Lipinski definition) is 1. The van der Waals surface area contributed by atoms with Crippen LogP contribution in [0.5, 0.6) is 5.75 Å². The fourth-order valence-corrected chi connectivity index (χ4v) is 3.71. The molecule has 24 heavy (non-hydrogen) atoms. The Kier molecular flexibility index (Phi) is 5.16. The van der Waals surface area contributed by atoms with Crippen molar-refractivity contribution in [3.8, 4) is 5.75 Å². The number of halogens is 1. The molecule has 1 fully saturated rings. The molecule has 2 atom stereocenters. The maximum atomic E-state index is 11.7. The monoisotopic (exact) mass is 390 g/mol. The molecule has 1 aliphatic rings.